The van der Waals surface area contributed by atoms with Gasteiger partial charge in [-0.15, -0.1) is 11.3 Å². The van der Waals surface area contributed by atoms with Crippen LogP contribution >= 0.6 is 27.3 Å². The van der Waals surface area contributed by atoms with Crippen molar-refractivity contribution in [1.82, 2.24) is 0 Å². The number of carbonyl (C=O) groups is 1. The molecule has 0 spiro atoms. The summed E-state index contributed by atoms with van der Waals surface area (Å²) in [5, 5.41) is 0. The minimum atomic E-state index is -0.326. The average Bonchev–Trinajstić information content (AvgIpc) is 2.55. The van der Waals surface area contributed by atoms with Crippen LogP contribution in [0.4, 0.5) is 0 Å². The zero-order chi connectivity index (χ0) is 10.6. The van der Waals surface area contributed by atoms with Crippen LogP contribution in [-0.2, 0) is 16.0 Å². The van der Waals surface area contributed by atoms with Gasteiger partial charge in [-0.25, -0.2) is 4.79 Å². The number of methoxy groups -OCH3 is 1. The smallest absolute Gasteiger partial charge is 0.330 e. The molecule has 0 fully saturated rings. The number of halogens is 1. The second-order valence-electron chi connectivity index (χ2n) is 2.63. The third-order valence-electron chi connectivity index (χ3n) is 1.68. The van der Waals surface area contributed by atoms with Crippen molar-refractivity contribution in [2.75, 3.05) is 7.11 Å². The zero-order valence-electron chi connectivity index (χ0n) is 8.04. The molecule has 76 valence electrons. The second kappa shape index (κ2) is 5.32. The zero-order valence-corrected chi connectivity index (χ0v) is 10.4. The molecule has 0 saturated heterocycles. The molecule has 0 radical (unpaired) electrons. The minimum absolute atomic E-state index is 0.326. The summed E-state index contributed by atoms with van der Waals surface area (Å²) in [4.78, 5) is 13.2. The van der Waals surface area contributed by atoms with Crippen molar-refractivity contribution in [2.45, 2.75) is 13.3 Å². The van der Waals surface area contributed by atoms with Gasteiger partial charge in [0.2, 0.25) is 0 Å². The topological polar surface area (TPSA) is 26.3 Å². The Hall–Kier alpha value is -0.610. The van der Waals surface area contributed by atoms with Crippen LogP contribution in [0.5, 0.6) is 0 Å². The van der Waals surface area contributed by atoms with Crippen molar-refractivity contribution in [2.24, 2.45) is 0 Å². The lowest BCUT2D eigenvalue weighted by Gasteiger charge is -1.88. The van der Waals surface area contributed by atoms with Crippen LogP contribution in [0, 0.1) is 0 Å². The van der Waals surface area contributed by atoms with Gasteiger partial charge in [-0.2, -0.15) is 0 Å². The van der Waals surface area contributed by atoms with E-state index in [1.807, 2.05) is 6.07 Å². The first kappa shape index (κ1) is 11.5. The largest absolute Gasteiger partial charge is 0.466 e. The fraction of sp³-hybridized carbons (Fsp3) is 0.300. The number of rotatable bonds is 3. The Morgan fingerprint density at radius 3 is 2.93 bits per heavy atom. The molecule has 14 heavy (non-hydrogen) atoms. The van der Waals surface area contributed by atoms with Crippen molar-refractivity contribution in [3.8, 4) is 0 Å². The minimum Gasteiger partial charge on any atom is -0.466 e. The van der Waals surface area contributed by atoms with E-state index in [1.54, 1.807) is 17.4 Å². The van der Waals surface area contributed by atoms with Gasteiger partial charge in [0.15, 0.2) is 0 Å². The van der Waals surface area contributed by atoms with Crippen LogP contribution in [0.25, 0.3) is 6.08 Å². The predicted octanol–water partition coefficient (Wildman–Crippen LogP) is 3.26. The molecular formula is C10H11BrO2S. The molecule has 0 saturated carbocycles. The summed E-state index contributed by atoms with van der Waals surface area (Å²) >= 11 is 5.13. The van der Waals surface area contributed by atoms with E-state index in [9.17, 15) is 4.79 Å². The molecule has 4 heteroatoms. The van der Waals surface area contributed by atoms with Crippen LogP contribution < -0.4 is 0 Å². The molecule has 0 N–H and O–H groups in total. The molecule has 2 nitrogen and oxygen atoms in total. The molecule has 1 aromatic rings. The lowest BCUT2D eigenvalue weighted by atomic mass is 10.3. The lowest BCUT2D eigenvalue weighted by Crippen LogP contribution is -1.92. The van der Waals surface area contributed by atoms with Gasteiger partial charge in [-0.3, -0.25) is 0 Å². The van der Waals surface area contributed by atoms with E-state index in [2.05, 4.69) is 27.6 Å². The Morgan fingerprint density at radius 2 is 2.43 bits per heavy atom. The summed E-state index contributed by atoms with van der Waals surface area (Å²) in [7, 11) is 1.37. The van der Waals surface area contributed by atoms with Crippen LogP contribution in [-0.4, -0.2) is 13.1 Å². The molecule has 1 rings (SSSR count). The summed E-state index contributed by atoms with van der Waals surface area (Å²) in [5.41, 5.74) is 0. The fourth-order valence-corrected chi connectivity index (χ4v) is 2.79. The summed E-state index contributed by atoms with van der Waals surface area (Å²) in [6.07, 6.45) is 4.19. The van der Waals surface area contributed by atoms with Gasteiger partial charge < -0.3 is 4.74 Å². The Kier molecular flexibility index (Phi) is 4.35. The standard InChI is InChI=1S/C10H11BrO2S/c1-3-9-8(11)6-7(14-9)4-5-10(12)13-2/h4-6H,3H2,1-2H3/b5-4+. The van der Waals surface area contributed by atoms with Crippen LogP contribution in [0.1, 0.15) is 16.7 Å². The van der Waals surface area contributed by atoms with Gasteiger partial charge in [0.1, 0.15) is 0 Å². The van der Waals surface area contributed by atoms with Gasteiger partial charge in [-0.05, 0) is 34.5 Å². The first-order valence-corrected chi connectivity index (χ1v) is 5.82. The van der Waals surface area contributed by atoms with Crippen molar-refractivity contribution in [1.29, 1.82) is 0 Å². The molecule has 0 atom stereocenters. The van der Waals surface area contributed by atoms with E-state index < -0.39 is 0 Å². The highest BCUT2D eigenvalue weighted by molar-refractivity contribution is 9.10. The number of carbonyl (C=O) groups excluding carboxylic acids is 1. The highest BCUT2D eigenvalue weighted by Crippen LogP contribution is 2.28. The van der Waals surface area contributed by atoms with E-state index in [-0.39, 0.29) is 5.97 Å². The number of hydrogen-bond acceptors (Lipinski definition) is 3. The van der Waals surface area contributed by atoms with Crippen molar-refractivity contribution in [3.05, 3.63) is 26.4 Å². The SMILES string of the molecule is CCc1sc(/C=C/C(=O)OC)cc1Br. The fourth-order valence-electron chi connectivity index (χ4n) is 0.967. The number of ether oxygens (including phenoxy) is 1. The molecular weight excluding hydrogens is 264 g/mol. The van der Waals surface area contributed by atoms with Gasteiger partial charge >= 0.3 is 5.97 Å². The monoisotopic (exact) mass is 274 g/mol. The van der Waals surface area contributed by atoms with Gasteiger partial charge in [0, 0.05) is 20.3 Å². The normalized spacial score (nSPS) is 10.8. The molecule has 1 heterocycles. The third kappa shape index (κ3) is 2.96. The van der Waals surface area contributed by atoms with Gasteiger partial charge in [0.25, 0.3) is 0 Å². The molecule has 0 amide bonds. The van der Waals surface area contributed by atoms with Crippen molar-refractivity contribution in [3.63, 3.8) is 0 Å². The van der Waals surface area contributed by atoms with E-state index in [0.717, 1.165) is 15.8 Å². The Morgan fingerprint density at radius 1 is 1.71 bits per heavy atom. The molecule has 0 aliphatic rings. The third-order valence-corrected chi connectivity index (χ3v) is 3.90. The molecule has 0 aliphatic heterocycles. The summed E-state index contributed by atoms with van der Waals surface area (Å²) in [5.74, 6) is -0.326. The van der Waals surface area contributed by atoms with E-state index in [0.29, 0.717) is 0 Å². The second-order valence-corrected chi connectivity index (χ2v) is 4.65. The number of esters is 1. The maximum absolute atomic E-state index is 10.8. The van der Waals surface area contributed by atoms with Crippen molar-refractivity contribution >= 4 is 39.3 Å². The molecule has 0 bridgehead atoms. The highest BCUT2D eigenvalue weighted by Gasteiger charge is 2.02. The van der Waals surface area contributed by atoms with E-state index in [1.165, 1.54) is 18.1 Å². The molecule has 0 aliphatic carbocycles. The molecule has 1 aromatic heterocycles. The maximum Gasteiger partial charge on any atom is 0.330 e. The Bertz CT molecular complexity index is 355. The quantitative estimate of drug-likeness (QED) is 0.625. The number of thiophene rings is 1. The summed E-state index contributed by atoms with van der Waals surface area (Å²) in [6.45, 7) is 2.10. The molecule has 0 aromatic carbocycles. The van der Waals surface area contributed by atoms with Gasteiger partial charge in [0.05, 0.1) is 7.11 Å². The lowest BCUT2D eigenvalue weighted by molar-refractivity contribution is -0.134. The highest BCUT2D eigenvalue weighted by atomic mass is 79.9. The molecule has 0 unspecified atom stereocenters. The van der Waals surface area contributed by atoms with Gasteiger partial charge in [-0.1, -0.05) is 6.92 Å². The van der Waals surface area contributed by atoms with E-state index >= 15 is 0 Å². The first-order chi connectivity index (χ1) is 6.67. The Balaban J connectivity index is 2.77. The van der Waals surface area contributed by atoms with Crippen LogP contribution in [0.3, 0.4) is 0 Å². The van der Waals surface area contributed by atoms with Crippen molar-refractivity contribution < 1.29 is 9.53 Å². The summed E-state index contributed by atoms with van der Waals surface area (Å²) in [6, 6.07) is 2.00. The predicted molar refractivity (Wildman–Crippen MR) is 62.4 cm³/mol. The average molecular weight is 275 g/mol. The first-order valence-electron chi connectivity index (χ1n) is 4.21. The van der Waals surface area contributed by atoms with Crippen LogP contribution in [0.15, 0.2) is 16.6 Å². The number of hydrogen-bond donors (Lipinski definition) is 0. The maximum atomic E-state index is 10.8. The Labute approximate surface area is 95.7 Å². The number of aryl methyl sites for hydroxylation is 1. The summed E-state index contributed by atoms with van der Waals surface area (Å²) < 4.78 is 5.61. The van der Waals surface area contributed by atoms with E-state index in [4.69, 9.17) is 0 Å². The van der Waals surface area contributed by atoms with Crippen LogP contribution in [0.2, 0.25) is 0 Å².